The summed E-state index contributed by atoms with van der Waals surface area (Å²) < 4.78 is 7.39. The number of aromatic nitrogens is 2. The first-order valence-electron chi connectivity index (χ1n) is 7.53. The summed E-state index contributed by atoms with van der Waals surface area (Å²) in [5.41, 5.74) is 0.458. The number of hydrogen-bond acceptors (Lipinski definition) is 5. The van der Waals surface area contributed by atoms with E-state index in [4.69, 9.17) is 4.74 Å². The number of fused-ring (bicyclic) bond motifs is 1. The van der Waals surface area contributed by atoms with Gasteiger partial charge in [-0.1, -0.05) is 6.92 Å². The van der Waals surface area contributed by atoms with Gasteiger partial charge in [0.25, 0.3) is 0 Å². The largest absolute Gasteiger partial charge is 0.480 e. The van der Waals surface area contributed by atoms with Gasteiger partial charge in [0.2, 0.25) is 5.88 Å². The fourth-order valence-electron chi connectivity index (χ4n) is 3.03. The molecule has 2 aromatic rings. The van der Waals surface area contributed by atoms with Crippen LogP contribution in [0.3, 0.4) is 0 Å². The lowest BCUT2D eigenvalue weighted by Gasteiger charge is -2.35. The maximum atomic E-state index is 10.6. The molecule has 21 heavy (non-hydrogen) atoms. The predicted molar refractivity (Wildman–Crippen MR) is 83.9 cm³/mol. The van der Waals surface area contributed by atoms with Crippen LogP contribution in [0.25, 0.3) is 4.96 Å². The van der Waals surface area contributed by atoms with Gasteiger partial charge in [0.15, 0.2) is 4.96 Å². The van der Waals surface area contributed by atoms with Crippen molar-refractivity contribution in [2.24, 2.45) is 5.92 Å². The molecule has 0 aliphatic heterocycles. The van der Waals surface area contributed by atoms with Crippen LogP contribution in [0, 0.1) is 5.92 Å². The van der Waals surface area contributed by atoms with Crippen molar-refractivity contribution in [3.05, 3.63) is 17.3 Å². The van der Waals surface area contributed by atoms with Crippen LogP contribution in [0.15, 0.2) is 11.6 Å². The smallest absolute Gasteiger partial charge is 0.237 e. The number of nitrogens with one attached hydrogen (secondary N) is 1. The molecule has 1 fully saturated rings. The van der Waals surface area contributed by atoms with Gasteiger partial charge < -0.3 is 15.2 Å². The minimum atomic E-state index is -0.557. The third-order valence-corrected chi connectivity index (χ3v) is 5.23. The van der Waals surface area contributed by atoms with Crippen LogP contribution in [-0.4, -0.2) is 33.7 Å². The first-order valence-corrected chi connectivity index (χ1v) is 8.41. The zero-order valence-electron chi connectivity index (χ0n) is 12.6. The molecule has 2 N–H and O–H groups in total. The molecule has 0 amide bonds. The second-order valence-electron chi connectivity index (χ2n) is 6.13. The van der Waals surface area contributed by atoms with Gasteiger partial charge in [-0.05, 0) is 31.6 Å². The summed E-state index contributed by atoms with van der Waals surface area (Å²) in [5, 5.41) is 16.0. The van der Waals surface area contributed by atoms with E-state index in [0.29, 0.717) is 19.0 Å². The zero-order chi connectivity index (χ0) is 14.9. The number of hydrogen-bond donors (Lipinski definition) is 2. The molecular weight excluding hydrogens is 286 g/mol. The Labute approximate surface area is 129 Å². The number of methoxy groups -OCH3 is 1. The molecule has 0 radical (unpaired) electrons. The third kappa shape index (κ3) is 3.07. The summed E-state index contributed by atoms with van der Waals surface area (Å²) in [7, 11) is 1.64. The third-order valence-electron chi connectivity index (χ3n) is 4.47. The van der Waals surface area contributed by atoms with E-state index in [0.717, 1.165) is 42.3 Å². The Morgan fingerprint density at radius 3 is 3.00 bits per heavy atom. The predicted octanol–water partition coefficient (Wildman–Crippen LogP) is 2.44. The topological polar surface area (TPSA) is 58.8 Å². The van der Waals surface area contributed by atoms with Crippen LogP contribution >= 0.6 is 11.3 Å². The molecule has 2 heterocycles. The van der Waals surface area contributed by atoms with Crippen molar-refractivity contribution in [1.82, 2.24) is 14.7 Å². The molecule has 0 aromatic carbocycles. The molecule has 6 heteroatoms. The van der Waals surface area contributed by atoms with E-state index in [2.05, 4.69) is 17.2 Å². The number of ether oxygens (including phenoxy) is 1. The number of aliphatic hydroxyl groups is 1. The second-order valence-corrected chi connectivity index (χ2v) is 7.01. The lowest BCUT2D eigenvalue weighted by Crippen LogP contribution is -2.43. The van der Waals surface area contributed by atoms with E-state index in [1.54, 1.807) is 18.4 Å². The highest BCUT2D eigenvalue weighted by Gasteiger charge is 2.31. The second kappa shape index (κ2) is 5.94. The van der Waals surface area contributed by atoms with Gasteiger partial charge >= 0.3 is 0 Å². The summed E-state index contributed by atoms with van der Waals surface area (Å²) in [5.74, 6) is 1.41. The molecule has 2 aromatic heterocycles. The molecule has 0 atom stereocenters. The quantitative estimate of drug-likeness (QED) is 0.890. The van der Waals surface area contributed by atoms with Crippen molar-refractivity contribution in [2.45, 2.75) is 44.8 Å². The van der Waals surface area contributed by atoms with Gasteiger partial charge in [0.1, 0.15) is 5.69 Å². The van der Waals surface area contributed by atoms with Crippen LogP contribution in [0.4, 0.5) is 0 Å². The maximum absolute atomic E-state index is 10.6. The molecule has 5 nitrogen and oxygen atoms in total. The summed E-state index contributed by atoms with van der Waals surface area (Å²) in [6.45, 7) is 3.54. The number of thiazole rings is 1. The van der Waals surface area contributed by atoms with Crippen molar-refractivity contribution < 1.29 is 9.84 Å². The standard InChI is InChI=1S/C15H23N3O2S/c1-11-3-5-15(19,6-4-11)10-16-9-12-13(20-2)17-14-18(12)7-8-21-14/h7-8,11,16,19H,3-6,9-10H2,1-2H3. The van der Waals surface area contributed by atoms with Gasteiger partial charge in [-0.2, -0.15) is 4.98 Å². The molecule has 0 unspecified atom stereocenters. The zero-order valence-corrected chi connectivity index (χ0v) is 13.4. The molecule has 116 valence electrons. The van der Waals surface area contributed by atoms with Gasteiger partial charge in [-0.25, -0.2) is 0 Å². The summed E-state index contributed by atoms with van der Waals surface area (Å²) in [6.07, 6.45) is 6.01. The average Bonchev–Trinajstić information content (AvgIpc) is 3.04. The van der Waals surface area contributed by atoms with E-state index >= 15 is 0 Å². The Balaban J connectivity index is 1.62. The molecular formula is C15H23N3O2S. The minimum Gasteiger partial charge on any atom is -0.480 e. The minimum absolute atomic E-state index is 0.557. The van der Waals surface area contributed by atoms with Crippen molar-refractivity contribution in [1.29, 1.82) is 0 Å². The van der Waals surface area contributed by atoms with Crippen molar-refractivity contribution in [2.75, 3.05) is 13.7 Å². The van der Waals surface area contributed by atoms with Gasteiger partial charge in [0.05, 0.1) is 12.7 Å². The SMILES string of the molecule is COc1nc2sccn2c1CNCC1(O)CCC(C)CC1. The van der Waals surface area contributed by atoms with Crippen LogP contribution < -0.4 is 10.1 Å². The number of imidazole rings is 1. The van der Waals surface area contributed by atoms with E-state index in [9.17, 15) is 5.11 Å². The summed E-state index contributed by atoms with van der Waals surface area (Å²) in [4.78, 5) is 5.38. The van der Waals surface area contributed by atoms with Crippen molar-refractivity contribution >= 4 is 16.3 Å². The average molecular weight is 309 g/mol. The lowest BCUT2D eigenvalue weighted by atomic mass is 9.79. The van der Waals surface area contributed by atoms with Crippen LogP contribution in [0.2, 0.25) is 0 Å². The molecule has 3 rings (SSSR count). The first-order chi connectivity index (χ1) is 10.1. The number of rotatable bonds is 5. The Kier molecular flexibility index (Phi) is 4.19. The summed E-state index contributed by atoms with van der Waals surface area (Å²) in [6, 6.07) is 0. The first kappa shape index (κ1) is 14.8. The van der Waals surface area contributed by atoms with Crippen LogP contribution in [0.1, 0.15) is 38.3 Å². The fourth-order valence-corrected chi connectivity index (χ4v) is 3.75. The fraction of sp³-hybridized carbons (Fsp3) is 0.667. The molecule has 0 saturated heterocycles. The van der Waals surface area contributed by atoms with Gasteiger partial charge in [-0.15, -0.1) is 11.3 Å². The van der Waals surface area contributed by atoms with Crippen molar-refractivity contribution in [3.63, 3.8) is 0 Å². The molecule has 1 aliphatic rings. The van der Waals surface area contributed by atoms with Gasteiger partial charge in [0, 0.05) is 24.7 Å². The Morgan fingerprint density at radius 2 is 2.29 bits per heavy atom. The molecule has 0 bridgehead atoms. The van der Waals surface area contributed by atoms with E-state index in [1.165, 1.54) is 0 Å². The highest BCUT2D eigenvalue weighted by atomic mass is 32.1. The number of nitrogens with zero attached hydrogens (tertiary/aromatic N) is 2. The normalized spacial score (nSPS) is 26.3. The van der Waals surface area contributed by atoms with E-state index in [-0.39, 0.29) is 0 Å². The summed E-state index contributed by atoms with van der Waals surface area (Å²) >= 11 is 1.59. The highest BCUT2D eigenvalue weighted by Crippen LogP contribution is 2.31. The molecule has 1 aliphatic carbocycles. The van der Waals surface area contributed by atoms with Crippen LogP contribution in [-0.2, 0) is 6.54 Å². The van der Waals surface area contributed by atoms with Crippen LogP contribution in [0.5, 0.6) is 5.88 Å². The Hall–Kier alpha value is -1.11. The Morgan fingerprint density at radius 1 is 1.52 bits per heavy atom. The van der Waals surface area contributed by atoms with Crippen molar-refractivity contribution in [3.8, 4) is 5.88 Å². The molecule has 0 spiro atoms. The molecule has 1 saturated carbocycles. The Bertz CT molecular complexity index is 599. The van der Waals surface area contributed by atoms with E-state index in [1.807, 2.05) is 16.0 Å². The highest BCUT2D eigenvalue weighted by molar-refractivity contribution is 7.15. The lowest BCUT2D eigenvalue weighted by molar-refractivity contribution is -0.00640. The van der Waals surface area contributed by atoms with E-state index < -0.39 is 5.60 Å². The monoisotopic (exact) mass is 309 g/mol. The van der Waals surface area contributed by atoms with Gasteiger partial charge in [-0.3, -0.25) is 4.40 Å². The maximum Gasteiger partial charge on any atom is 0.237 e.